The number of rotatable bonds is 6. The zero-order chi connectivity index (χ0) is 19.1. The summed E-state index contributed by atoms with van der Waals surface area (Å²) in [5, 5.41) is 4.65. The molecule has 0 unspecified atom stereocenters. The molecular weight excluding hydrogens is 346 g/mol. The fourth-order valence-corrected chi connectivity index (χ4v) is 2.20. The number of benzene rings is 2. The quantitative estimate of drug-likeness (QED) is 0.771. The summed E-state index contributed by atoms with van der Waals surface area (Å²) in [4.78, 5) is 23.5. The average molecular weight is 364 g/mol. The molecule has 138 valence electrons. The molecule has 0 aliphatic carbocycles. The van der Waals surface area contributed by atoms with Gasteiger partial charge in [0.25, 0.3) is 0 Å². The maximum Gasteiger partial charge on any atom is 0.313 e. The third kappa shape index (κ3) is 4.92. The first-order valence-electron chi connectivity index (χ1n) is 7.69. The van der Waals surface area contributed by atoms with E-state index in [2.05, 4.69) is 10.6 Å². The maximum atomic E-state index is 13.1. The van der Waals surface area contributed by atoms with Crippen molar-refractivity contribution in [3.63, 3.8) is 0 Å². The van der Waals surface area contributed by atoms with Crippen LogP contribution >= 0.6 is 0 Å². The smallest absolute Gasteiger partial charge is 0.313 e. The zero-order valence-corrected chi connectivity index (χ0v) is 14.3. The minimum Gasteiger partial charge on any atom is -0.493 e. The summed E-state index contributed by atoms with van der Waals surface area (Å²) in [5.74, 6) is -2.85. The van der Waals surface area contributed by atoms with Crippen molar-refractivity contribution >= 4 is 17.5 Å². The molecule has 0 saturated carbocycles. The molecule has 2 N–H and O–H groups in total. The van der Waals surface area contributed by atoms with Gasteiger partial charge in [0.05, 0.1) is 14.2 Å². The Morgan fingerprint density at radius 2 is 1.65 bits per heavy atom. The van der Waals surface area contributed by atoms with Gasteiger partial charge >= 0.3 is 11.8 Å². The number of anilines is 1. The van der Waals surface area contributed by atoms with Gasteiger partial charge in [-0.3, -0.25) is 9.59 Å². The molecule has 6 nitrogen and oxygen atoms in total. The molecule has 0 heterocycles. The van der Waals surface area contributed by atoms with E-state index in [4.69, 9.17) is 9.47 Å². The molecule has 0 aromatic heterocycles. The summed E-state index contributed by atoms with van der Waals surface area (Å²) < 4.78 is 36.3. The first-order chi connectivity index (χ1) is 12.4. The Morgan fingerprint density at radius 1 is 0.923 bits per heavy atom. The van der Waals surface area contributed by atoms with Gasteiger partial charge in [-0.1, -0.05) is 6.07 Å². The van der Waals surface area contributed by atoms with Crippen molar-refractivity contribution in [3.05, 3.63) is 53.6 Å². The molecule has 0 aliphatic heterocycles. The van der Waals surface area contributed by atoms with Gasteiger partial charge in [0, 0.05) is 18.3 Å². The third-order valence-corrected chi connectivity index (χ3v) is 3.53. The van der Waals surface area contributed by atoms with E-state index in [1.54, 1.807) is 12.1 Å². The summed E-state index contributed by atoms with van der Waals surface area (Å²) in [5.41, 5.74) is 0.868. The van der Waals surface area contributed by atoms with E-state index >= 15 is 0 Å². The Bertz CT molecular complexity index is 812. The Hall–Kier alpha value is -3.16. The summed E-state index contributed by atoms with van der Waals surface area (Å²) in [6.45, 7) is 0.208. The topological polar surface area (TPSA) is 76.7 Å². The van der Waals surface area contributed by atoms with Crippen molar-refractivity contribution < 1.29 is 27.8 Å². The standard InChI is InChI=1S/C18H18F2N2O4/c1-25-15-6-3-11(9-16(15)26-2)7-8-21-17(23)18(24)22-12-4-5-13(19)14(20)10-12/h3-6,9-10H,7-8H2,1-2H3,(H,21,23)(H,22,24). The number of nitrogens with one attached hydrogen (secondary N) is 2. The van der Waals surface area contributed by atoms with Crippen molar-refractivity contribution in [1.82, 2.24) is 5.32 Å². The molecular formula is C18H18F2N2O4. The van der Waals surface area contributed by atoms with E-state index in [0.29, 0.717) is 17.9 Å². The molecule has 0 atom stereocenters. The molecule has 8 heteroatoms. The second-order valence-electron chi connectivity index (χ2n) is 5.28. The van der Waals surface area contributed by atoms with E-state index in [9.17, 15) is 18.4 Å². The van der Waals surface area contributed by atoms with Gasteiger partial charge in [-0.2, -0.15) is 0 Å². The first-order valence-corrected chi connectivity index (χ1v) is 7.69. The van der Waals surface area contributed by atoms with Crippen LogP contribution in [0, 0.1) is 11.6 Å². The highest BCUT2D eigenvalue weighted by Gasteiger charge is 2.14. The Kier molecular flexibility index (Phi) is 6.48. The maximum absolute atomic E-state index is 13.1. The van der Waals surface area contributed by atoms with E-state index < -0.39 is 23.4 Å². The molecule has 0 aliphatic rings. The molecule has 0 spiro atoms. The number of ether oxygens (including phenoxy) is 2. The minimum absolute atomic E-state index is 0.0102. The van der Waals surface area contributed by atoms with Gasteiger partial charge in [0.15, 0.2) is 23.1 Å². The average Bonchev–Trinajstić information content (AvgIpc) is 2.64. The predicted molar refractivity (Wildman–Crippen MR) is 91.2 cm³/mol. The third-order valence-electron chi connectivity index (χ3n) is 3.53. The van der Waals surface area contributed by atoms with Crippen LogP contribution in [0.5, 0.6) is 11.5 Å². The molecule has 2 amide bonds. The Morgan fingerprint density at radius 3 is 2.31 bits per heavy atom. The number of hydrogen-bond acceptors (Lipinski definition) is 4. The monoisotopic (exact) mass is 364 g/mol. The van der Waals surface area contributed by atoms with Crippen LogP contribution in [-0.4, -0.2) is 32.6 Å². The van der Waals surface area contributed by atoms with E-state index in [1.807, 2.05) is 6.07 Å². The number of carbonyl (C=O) groups is 2. The number of hydrogen-bond donors (Lipinski definition) is 2. The molecule has 0 radical (unpaired) electrons. The second kappa shape index (κ2) is 8.80. The lowest BCUT2D eigenvalue weighted by atomic mass is 10.1. The SMILES string of the molecule is COc1ccc(CCNC(=O)C(=O)Nc2ccc(F)c(F)c2)cc1OC. The number of methoxy groups -OCH3 is 2. The lowest BCUT2D eigenvalue weighted by molar-refractivity contribution is -0.136. The lowest BCUT2D eigenvalue weighted by Crippen LogP contribution is -2.36. The molecule has 0 saturated heterocycles. The van der Waals surface area contributed by atoms with Crippen LogP contribution in [0.3, 0.4) is 0 Å². The molecule has 2 aromatic carbocycles. The molecule has 0 fully saturated rings. The van der Waals surface area contributed by atoms with Crippen molar-refractivity contribution in [2.75, 3.05) is 26.1 Å². The van der Waals surface area contributed by atoms with Crippen molar-refractivity contribution in [1.29, 1.82) is 0 Å². The highest BCUT2D eigenvalue weighted by molar-refractivity contribution is 6.39. The first kappa shape index (κ1) is 19.2. The summed E-state index contributed by atoms with van der Waals surface area (Å²) in [6, 6.07) is 8.14. The van der Waals surface area contributed by atoms with Crippen LogP contribution in [-0.2, 0) is 16.0 Å². The van der Waals surface area contributed by atoms with Gasteiger partial charge < -0.3 is 20.1 Å². The second-order valence-corrected chi connectivity index (χ2v) is 5.28. The molecule has 2 aromatic rings. The van der Waals surface area contributed by atoms with E-state index in [0.717, 1.165) is 23.8 Å². The van der Waals surface area contributed by atoms with Crippen LogP contribution in [0.4, 0.5) is 14.5 Å². The van der Waals surface area contributed by atoms with Gasteiger partial charge in [-0.05, 0) is 36.2 Å². The molecule has 2 rings (SSSR count). The van der Waals surface area contributed by atoms with Gasteiger partial charge in [0.1, 0.15) is 0 Å². The van der Waals surface area contributed by atoms with Crippen LogP contribution in [0.15, 0.2) is 36.4 Å². The molecule has 0 bridgehead atoms. The minimum atomic E-state index is -1.11. The number of amides is 2. The fraction of sp³-hybridized carbons (Fsp3) is 0.222. The van der Waals surface area contributed by atoms with E-state index in [-0.39, 0.29) is 12.2 Å². The highest BCUT2D eigenvalue weighted by atomic mass is 19.2. The highest BCUT2D eigenvalue weighted by Crippen LogP contribution is 2.27. The van der Waals surface area contributed by atoms with Gasteiger partial charge in [0.2, 0.25) is 0 Å². The Balaban J connectivity index is 1.86. The van der Waals surface area contributed by atoms with Crippen LogP contribution in [0.25, 0.3) is 0 Å². The zero-order valence-electron chi connectivity index (χ0n) is 14.3. The van der Waals surface area contributed by atoms with Crippen molar-refractivity contribution in [2.24, 2.45) is 0 Å². The number of halogens is 2. The summed E-state index contributed by atoms with van der Waals surface area (Å²) in [6.07, 6.45) is 0.463. The summed E-state index contributed by atoms with van der Waals surface area (Å²) >= 11 is 0. The predicted octanol–water partition coefficient (Wildman–Crippen LogP) is 2.28. The Labute approximate surface area is 149 Å². The fourth-order valence-electron chi connectivity index (χ4n) is 2.20. The van der Waals surface area contributed by atoms with Crippen molar-refractivity contribution in [3.8, 4) is 11.5 Å². The lowest BCUT2D eigenvalue weighted by Gasteiger charge is -2.10. The van der Waals surface area contributed by atoms with Gasteiger partial charge in [-0.15, -0.1) is 0 Å². The van der Waals surface area contributed by atoms with Crippen LogP contribution < -0.4 is 20.1 Å². The normalized spacial score (nSPS) is 10.2. The van der Waals surface area contributed by atoms with Gasteiger partial charge in [-0.25, -0.2) is 8.78 Å². The van der Waals surface area contributed by atoms with Crippen LogP contribution in [0.1, 0.15) is 5.56 Å². The number of carbonyl (C=O) groups excluding carboxylic acids is 2. The van der Waals surface area contributed by atoms with Crippen molar-refractivity contribution in [2.45, 2.75) is 6.42 Å². The molecule has 26 heavy (non-hydrogen) atoms. The summed E-state index contributed by atoms with van der Waals surface area (Å²) in [7, 11) is 3.05. The van der Waals surface area contributed by atoms with E-state index in [1.165, 1.54) is 14.2 Å². The van der Waals surface area contributed by atoms with Crippen LogP contribution in [0.2, 0.25) is 0 Å². The largest absolute Gasteiger partial charge is 0.493 e.